The molecule has 0 amide bonds. The second-order valence-electron chi connectivity index (χ2n) is 5.34. The normalized spacial score (nSPS) is 11.0. The summed E-state index contributed by atoms with van der Waals surface area (Å²) in [4.78, 5) is 6.36. The van der Waals surface area contributed by atoms with Gasteiger partial charge in [0.1, 0.15) is 18.1 Å². The van der Waals surface area contributed by atoms with Gasteiger partial charge in [0, 0.05) is 20.6 Å². The zero-order valence-electron chi connectivity index (χ0n) is 14.5. The average Bonchev–Trinajstić information content (AvgIpc) is 2.63. The lowest BCUT2D eigenvalue weighted by Gasteiger charge is -2.22. The van der Waals surface area contributed by atoms with Crippen LogP contribution in [0.3, 0.4) is 0 Å². The van der Waals surface area contributed by atoms with Crippen LogP contribution in [0.1, 0.15) is 5.56 Å². The molecule has 5 heteroatoms. The second kappa shape index (κ2) is 9.45. The monoisotopic (exact) mass is 327 g/mol. The third-order valence-corrected chi connectivity index (χ3v) is 3.60. The van der Waals surface area contributed by atoms with Gasteiger partial charge in [-0.05, 0) is 29.8 Å². The lowest BCUT2D eigenvalue weighted by molar-refractivity contribution is 0.281. The molecule has 0 heterocycles. The fraction of sp³-hybridized carbons (Fsp3) is 0.316. The van der Waals surface area contributed by atoms with Crippen LogP contribution in [0.4, 0.5) is 0 Å². The smallest absolute Gasteiger partial charge is 0.193 e. The summed E-state index contributed by atoms with van der Waals surface area (Å²) in [6.45, 7) is 2.03. The van der Waals surface area contributed by atoms with E-state index in [-0.39, 0.29) is 0 Å². The summed E-state index contributed by atoms with van der Waals surface area (Å²) < 4.78 is 11.0. The van der Waals surface area contributed by atoms with Gasteiger partial charge in [0.15, 0.2) is 5.96 Å². The van der Waals surface area contributed by atoms with Crippen LogP contribution in [-0.2, 0) is 6.54 Å². The highest BCUT2D eigenvalue weighted by Gasteiger charge is 2.06. The van der Waals surface area contributed by atoms with E-state index in [4.69, 9.17) is 9.47 Å². The van der Waals surface area contributed by atoms with Crippen molar-refractivity contribution in [3.8, 4) is 11.5 Å². The highest BCUT2D eigenvalue weighted by Crippen LogP contribution is 2.12. The van der Waals surface area contributed by atoms with Crippen molar-refractivity contribution in [2.24, 2.45) is 4.99 Å². The SMILES string of the molecule is CN=C(NCc1cccc(OC)c1)N(C)CCOc1ccccc1. The zero-order valence-corrected chi connectivity index (χ0v) is 14.5. The van der Waals surface area contributed by atoms with E-state index in [2.05, 4.69) is 16.4 Å². The molecular weight excluding hydrogens is 302 g/mol. The molecule has 24 heavy (non-hydrogen) atoms. The number of para-hydroxylation sites is 1. The lowest BCUT2D eigenvalue weighted by Crippen LogP contribution is -2.40. The molecular formula is C19H25N3O2. The van der Waals surface area contributed by atoms with Gasteiger partial charge in [0.05, 0.1) is 13.7 Å². The molecule has 0 fully saturated rings. The van der Waals surface area contributed by atoms with Crippen LogP contribution in [0.25, 0.3) is 0 Å². The van der Waals surface area contributed by atoms with Gasteiger partial charge in [-0.2, -0.15) is 0 Å². The van der Waals surface area contributed by atoms with Gasteiger partial charge in [-0.15, -0.1) is 0 Å². The Morgan fingerprint density at radius 1 is 1.08 bits per heavy atom. The van der Waals surface area contributed by atoms with E-state index in [1.54, 1.807) is 14.2 Å². The van der Waals surface area contributed by atoms with Crippen molar-refractivity contribution in [3.63, 3.8) is 0 Å². The Hall–Kier alpha value is -2.69. The van der Waals surface area contributed by atoms with Gasteiger partial charge in [-0.1, -0.05) is 30.3 Å². The quantitative estimate of drug-likeness (QED) is 0.627. The Morgan fingerprint density at radius 2 is 1.83 bits per heavy atom. The molecule has 128 valence electrons. The predicted octanol–water partition coefficient (Wildman–Crippen LogP) is 2.78. The van der Waals surface area contributed by atoms with Crippen LogP contribution >= 0.6 is 0 Å². The second-order valence-corrected chi connectivity index (χ2v) is 5.34. The molecule has 0 unspecified atom stereocenters. The van der Waals surface area contributed by atoms with Crippen LogP contribution in [0, 0.1) is 0 Å². The molecule has 0 aromatic heterocycles. The maximum absolute atomic E-state index is 5.72. The van der Waals surface area contributed by atoms with E-state index in [9.17, 15) is 0 Å². The zero-order chi connectivity index (χ0) is 17.2. The summed E-state index contributed by atoms with van der Waals surface area (Å²) in [6, 6.07) is 17.8. The van der Waals surface area contributed by atoms with Crippen molar-refractivity contribution in [2.75, 3.05) is 34.4 Å². The van der Waals surface area contributed by atoms with Gasteiger partial charge in [0.25, 0.3) is 0 Å². The van der Waals surface area contributed by atoms with Gasteiger partial charge < -0.3 is 19.7 Å². The van der Waals surface area contributed by atoms with Crippen molar-refractivity contribution in [1.29, 1.82) is 0 Å². The van der Waals surface area contributed by atoms with Gasteiger partial charge in [-0.25, -0.2) is 0 Å². The molecule has 2 aromatic carbocycles. The molecule has 0 aliphatic rings. The first-order valence-electron chi connectivity index (χ1n) is 7.95. The van der Waals surface area contributed by atoms with Crippen LogP contribution in [-0.4, -0.2) is 45.2 Å². The van der Waals surface area contributed by atoms with Crippen LogP contribution in [0.2, 0.25) is 0 Å². The first kappa shape index (κ1) is 17.7. The number of hydrogen-bond donors (Lipinski definition) is 1. The first-order chi connectivity index (χ1) is 11.7. The number of likely N-dealkylation sites (N-methyl/N-ethyl adjacent to an activating group) is 1. The molecule has 2 rings (SSSR count). The van der Waals surface area contributed by atoms with Gasteiger partial charge in [-0.3, -0.25) is 4.99 Å². The number of nitrogens with zero attached hydrogens (tertiary/aromatic N) is 2. The molecule has 2 aromatic rings. The highest BCUT2D eigenvalue weighted by molar-refractivity contribution is 5.79. The topological polar surface area (TPSA) is 46.1 Å². The summed E-state index contributed by atoms with van der Waals surface area (Å²) >= 11 is 0. The van der Waals surface area contributed by atoms with Crippen LogP contribution < -0.4 is 14.8 Å². The molecule has 5 nitrogen and oxygen atoms in total. The summed E-state index contributed by atoms with van der Waals surface area (Å²) in [7, 11) is 5.45. The minimum absolute atomic E-state index is 0.598. The van der Waals surface area contributed by atoms with Crippen molar-refractivity contribution in [1.82, 2.24) is 10.2 Å². The Bertz CT molecular complexity index is 644. The highest BCUT2D eigenvalue weighted by atomic mass is 16.5. The van der Waals surface area contributed by atoms with Gasteiger partial charge >= 0.3 is 0 Å². The lowest BCUT2D eigenvalue weighted by atomic mass is 10.2. The Balaban J connectivity index is 1.79. The number of hydrogen-bond acceptors (Lipinski definition) is 3. The first-order valence-corrected chi connectivity index (χ1v) is 7.95. The molecule has 1 N–H and O–H groups in total. The van der Waals surface area contributed by atoms with Crippen molar-refractivity contribution in [2.45, 2.75) is 6.54 Å². The third kappa shape index (κ3) is 5.50. The largest absolute Gasteiger partial charge is 0.497 e. The number of methoxy groups -OCH3 is 1. The summed E-state index contributed by atoms with van der Waals surface area (Å²) in [6.07, 6.45) is 0. The molecule has 0 aliphatic heterocycles. The van der Waals surface area contributed by atoms with E-state index in [1.165, 1.54) is 0 Å². The third-order valence-electron chi connectivity index (χ3n) is 3.60. The summed E-state index contributed by atoms with van der Waals surface area (Å²) in [5.41, 5.74) is 1.14. The van der Waals surface area contributed by atoms with E-state index in [1.807, 2.05) is 60.5 Å². The van der Waals surface area contributed by atoms with Crippen molar-refractivity contribution >= 4 is 5.96 Å². The van der Waals surface area contributed by atoms with E-state index < -0.39 is 0 Å². The van der Waals surface area contributed by atoms with Crippen LogP contribution in [0.15, 0.2) is 59.6 Å². The average molecular weight is 327 g/mol. The number of ether oxygens (including phenoxy) is 2. The van der Waals surface area contributed by atoms with Crippen LogP contribution in [0.5, 0.6) is 11.5 Å². The number of rotatable bonds is 7. The van der Waals surface area contributed by atoms with Gasteiger partial charge in [0.2, 0.25) is 0 Å². The number of nitrogens with one attached hydrogen (secondary N) is 1. The predicted molar refractivity (Wildman–Crippen MR) is 97.8 cm³/mol. The molecule has 0 saturated carbocycles. The minimum Gasteiger partial charge on any atom is -0.497 e. The van der Waals surface area contributed by atoms with Crippen molar-refractivity contribution < 1.29 is 9.47 Å². The van der Waals surface area contributed by atoms with E-state index in [0.29, 0.717) is 13.2 Å². The molecule has 0 bridgehead atoms. The Labute approximate surface area is 143 Å². The molecule has 0 radical (unpaired) electrons. The minimum atomic E-state index is 0.598. The Morgan fingerprint density at radius 3 is 2.54 bits per heavy atom. The number of benzene rings is 2. The standard InChI is InChI=1S/C19H25N3O2/c1-20-19(21-15-16-8-7-11-18(14-16)23-3)22(2)12-13-24-17-9-5-4-6-10-17/h4-11,14H,12-13,15H2,1-3H3,(H,20,21). The maximum atomic E-state index is 5.72. The van der Waals surface area contributed by atoms with Crippen molar-refractivity contribution in [3.05, 3.63) is 60.2 Å². The van der Waals surface area contributed by atoms with E-state index >= 15 is 0 Å². The summed E-state index contributed by atoms with van der Waals surface area (Å²) in [5, 5.41) is 3.35. The molecule has 0 spiro atoms. The van der Waals surface area contributed by atoms with E-state index in [0.717, 1.165) is 29.6 Å². The number of guanidine groups is 1. The molecule has 0 saturated heterocycles. The Kier molecular flexibility index (Phi) is 6.95. The fourth-order valence-corrected chi connectivity index (χ4v) is 2.27. The summed E-state index contributed by atoms with van der Waals surface area (Å²) in [5.74, 6) is 2.56. The fourth-order valence-electron chi connectivity index (χ4n) is 2.27. The maximum Gasteiger partial charge on any atom is 0.193 e. The number of aliphatic imine (C=N–C) groups is 1. The molecule has 0 aliphatic carbocycles. The molecule has 0 atom stereocenters.